The minimum atomic E-state index is -0.338. The lowest BCUT2D eigenvalue weighted by Crippen LogP contribution is -2.29. The Morgan fingerprint density at radius 3 is 2.35 bits per heavy atom. The predicted molar refractivity (Wildman–Crippen MR) is 89.8 cm³/mol. The first-order valence-electron chi connectivity index (χ1n) is 7.40. The number of carbonyl (C=O) groups is 1. The first kappa shape index (κ1) is 16.5. The van der Waals surface area contributed by atoms with E-state index in [-0.39, 0.29) is 17.7 Å². The van der Waals surface area contributed by atoms with E-state index >= 15 is 0 Å². The monoisotopic (exact) mass is 312 g/mol. The second kappa shape index (κ2) is 7.98. The number of nitrogens with zero attached hydrogens (tertiary/aromatic N) is 1. The molecular weight excluding hydrogens is 292 g/mol. The van der Waals surface area contributed by atoms with Crippen molar-refractivity contribution in [3.8, 4) is 11.5 Å². The van der Waals surface area contributed by atoms with Crippen molar-refractivity contribution < 1.29 is 14.4 Å². The fourth-order valence-electron chi connectivity index (χ4n) is 1.86. The highest BCUT2D eigenvalue weighted by molar-refractivity contribution is 6.45. The van der Waals surface area contributed by atoms with Gasteiger partial charge in [-0.2, -0.15) is 0 Å². The molecule has 0 aliphatic heterocycles. The van der Waals surface area contributed by atoms with E-state index in [1.54, 1.807) is 19.2 Å². The molecule has 5 nitrogen and oxygen atoms in total. The number of amides is 1. The van der Waals surface area contributed by atoms with Crippen LogP contribution in [0.2, 0.25) is 0 Å². The Labute approximate surface area is 135 Å². The van der Waals surface area contributed by atoms with Crippen LogP contribution in [0.1, 0.15) is 19.4 Å². The van der Waals surface area contributed by atoms with E-state index < -0.39 is 0 Å². The van der Waals surface area contributed by atoms with Gasteiger partial charge in [-0.3, -0.25) is 4.79 Å². The molecule has 2 aromatic rings. The molecule has 23 heavy (non-hydrogen) atoms. The highest BCUT2D eigenvalue weighted by atomic mass is 16.6. The predicted octanol–water partition coefficient (Wildman–Crippen LogP) is 3.35. The summed E-state index contributed by atoms with van der Waals surface area (Å²) in [5.41, 5.74) is 0.740. The maximum atomic E-state index is 12.2. The maximum absolute atomic E-state index is 12.2. The number of para-hydroxylation sites is 2. The third kappa shape index (κ3) is 4.57. The number of ether oxygens (including phenoxy) is 1. The van der Waals surface area contributed by atoms with Crippen molar-refractivity contribution in [1.82, 2.24) is 5.32 Å². The molecule has 1 amide bonds. The fourth-order valence-corrected chi connectivity index (χ4v) is 1.86. The molecule has 0 heterocycles. The molecular formula is C18H20N2O3. The smallest absolute Gasteiger partial charge is 0.273 e. The van der Waals surface area contributed by atoms with Gasteiger partial charge in [-0.05, 0) is 38.1 Å². The molecule has 0 spiro atoms. The number of oxime groups is 1. The van der Waals surface area contributed by atoms with Gasteiger partial charge in [0.2, 0.25) is 0 Å². The zero-order chi connectivity index (χ0) is 16.7. The minimum Gasteiger partial charge on any atom is -0.457 e. The Balaban J connectivity index is 2.39. The van der Waals surface area contributed by atoms with Crippen molar-refractivity contribution in [2.45, 2.75) is 20.0 Å². The van der Waals surface area contributed by atoms with E-state index in [2.05, 4.69) is 10.5 Å². The zero-order valence-corrected chi connectivity index (χ0v) is 13.4. The SMILES string of the molecule is CNC(=O)/C(=N/OC(C)C)c1ccccc1Oc1ccccc1. The summed E-state index contributed by atoms with van der Waals surface area (Å²) in [6.45, 7) is 3.69. The van der Waals surface area contributed by atoms with E-state index in [0.29, 0.717) is 17.1 Å². The lowest BCUT2D eigenvalue weighted by atomic mass is 10.1. The molecule has 0 radical (unpaired) electrons. The molecule has 0 aliphatic carbocycles. The summed E-state index contributed by atoms with van der Waals surface area (Å²) in [4.78, 5) is 17.4. The number of likely N-dealkylation sites (N-methyl/N-ethyl adjacent to an activating group) is 1. The molecule has 1 N–H and O–H groups in total. The number of benzene rings is 2. The van der Waals surface area contributed by atoms with Gasteiger partial charge in [0.15, 0.2) is 5.71 Å². The van der Waals surface area contributed by atoms with Crippen LogP contribution in [-0.2, 0) is 9.63 Å². The summed E-state index contributed by atoms with van der Waals surface area (Å²) in [6, 6.07) is 16.6. The molecule has 2 rings (SSSR count). The van der Waals surface area contributed by atoms with E-state index in [1.807, 2.05) is 56.3 Å². The van der Waals surface area contributed by atoms with Crippen molar-refractivity contribution in [2.75, 3.05) is 7.05 Å². The third-order valence-electron chi connectivity index (χ3n) is 2.91. The lowest BCUT2D eigenvalue weighted by molar-refractivity contribution is -0.114. The molecule has 2 aromatic carbocycles. The standard InChI is InChI=1S/C18H20N2O3/c1-13(2)23-20-17(18(21)19-3)15-11-7-8-12-16(15)22-14-9-5-4-6-10-14/h4-13H,1-3H3,(H,19,21)/b20-17+. The first-order valence-corrected chi connectivity index (χ1v) is 7.40. The topological polar surface area (TPSA) is 59.9 Å². The second-order valence-electron chi connectivity index (χ2n) is 5.08. The zero-order valence-electron chi connectivity index (χ0n) is 13.4. The van der Waals surface area contributed by atoms with E-state index in [0.717, 1.165) is 0 Å². The molecule has 0 atom stereocenters. The summed E-state index contributed by atoms with van der Waals surface area (Å²) < 4.78 is 5.88. The minimum absolute atomic E-state index is 0.128. The average molecular weight is 312 g/mol. The summed E-state index contributed by atoms with van der Waals surface area (Å²) in [5, 5.41) is 6.56. The molecule has 5 heteroatoms. The van der Waals surface area contributed by atoms with Gasteiger partial charge in [0, 0.05) is 7.05 Å². The Morgan fingerprint density at radius 1 is 1.04 bits per heavy atom. The van der Waals surface area contributed by atoms with Crippen LogP contribution in [0, 0.1) is 0 Å². The fraction of sp³-hybridized carbons (Fsp3) is 0.222. The molecule has 0 aliphatic rings. The molecule has 0 fully saturated rings. The van der Waals surface area contributed by atoms with E-state index in [1.165, 1.54) is 0 Å². The van der Waals surface area contributed by atoms with Gasteiger partial charge in [0.1, 0.15) is 17.6 Å². The molecule has 0 aromatic heterocycles. The largest absolute Gasteiger partial charge is 0.457 e. The van der Waals surface area contributed by atoms with Crippen LogP contribution in [-0.4, -0.2) is 24.8 Å². The maximum Gasteiger partial charge on any atom is 0.273 e. The molecule has 0 saturated heterocycles. The van der Waals surface area contributed by atoms with Gasteiger partial charge in [0.05, 0.1) is 5.56 Å². The van der Waals surface area contributed by atoms with Crippen molar-refractivity contribution in [2.24, 2.45) is 5.16 Å². The number of carbonyl (C=O) groups excluding carboxylic acids is 1. The van der Waals surface area contributed by atoms with Gasteiger partial charge in [-0.15, -0.1) is 0 Å². The molecule has 0 bridgehead atoms. The van der Waals surface area contributed by atoms with Gasteiger partial charge < -0.3 is 14.9 Å². The highest BCUT2D eigenvalue weighted by Gasteiger charge is 2.19. The Bertz CT molecular complexity index is 682. The quantitative estimate of drug-likeness (QED) is 0.657. The molecule has 0 saturated carbocycles. The van der Waals surface area contributed by atoms with Gasteiger partial charge in [-0.1, -0.05) is 35.5 Å². The Hall–Kier alpha value is -2.82. The number of nitrogens with one attached hydrogen (secondary N) is 1. The van der Waals surface area contributed by atoms with Crippen LogP contribution in [0.3, 0.4) is 0 Å². The van der Waals surface area contributed by atoms with Crippen molar-refractivity contribution in [3.05, 3.63) is 60.2 Å². The van der Waals surface area contributed by atoms with Crippen LogP contribution in [0.4, 0.5) is 0 Å². The number of rotatable bonds is 6. The first-order chi connectivity index (χ1) is 11.1. The van der Waals surface area contributed by atoms with E-state index in [9.17, 15) is 4.79 Å². The number of hydrogen-bond acceptors (Lipinski definition) is 4. The van der Waals surface area contributed by atoms with Gasteiger partial charge in [0.25, 0.3) is 5.91 Å². The average Bonchev–Trinajstić information content (AvgIpc) is 2.56. The normalized spacial score (nSPS) is 11.2. The highest BCUT2D eigenvalue weighted by Crippen LogP contribution is 2.25. The summed E-state index contributed by atoms with van der Waals surface area (Å²) >= 11 is 0. The third-order valence-corrected chi connectivity index (χ3v) is 2.91. The summed E-state index contributed by atoms with van der Waals surface area (Å²) in [7, 11) is 1.55. The summed E-state index contributed by atoms with van der Waals surface area (Å²) in [6.07, 6.45) is -0.128. The van der Waals surface area contributed by atoms with Gasteiger partial charge >= 0.3 is 0 Å². The van der Waals surface area contributed by atoms with Crippen molar-refractivity contribution in [1.29, 1.82) is 0 Å². The molecule has 0 unspecified atom stereocenters. The van der Waals surface area contributed by atoms with Crippen molar-refractivity contribution >= 4 is 11.6 Å². The van der Waals surface area contributed by atoms with Crippen LogP contribution in [0.25, 0.3) is 0 Å². The van der Waals surface area contributed by atoms with Crippen LogP contribution >= 0.6 is 0 Å². The number of hydrogen-bond donors (Lipinski definition) is 1. The lowest BCUT2D eigenvalue weighted by Gasteiger charge is -2.13. The van der Waals surface area contributed by atoms with Crippen molar-refractivity contribution in [3.63, 3.8) is 0 Å². The van der Waals surface area contributed by atoms with Crippen LogP contribution < -0.4 is 10.1 Å². The summed E-state index contributed by atoms with van der Waals surface area (Å²) in [5.74, 6) is 0.879. The Morgan fingerprint density at radius 2 is 1.70 bits per heavy atom. The molecule has 120 valence electrons. The second-order valence-corrected chi connectivity index (χ2v) is 5.08. The Kier molecular flexibility index (Phi) is 5.74. The van der Waals surface area contributed by atoms with E-state index in [4.69, 9.17) is 9.57 Å². The van der Waals surface area contributed by atoms with Crippen LogP contribution in [0.15, 0.2) is 59.8 Å². The van der Waals surface area contributed by atoms with Crippen LogP contribution in [0.5, 0.6) is 11.5 Å². The van der Waals surface area contributed by atoms with Gasteiger partial charge in [-0.25, -0.2) is 0 Å².